The lowest BCUT2D eigenvalue weighted by molar-refractivity contribution is 0.276. The summed E-state index contributed by atoms with van der Waals surface area (Å²) < 4.78 is 4.89. The van der Waals surface area contributed by atoms with Crippen molar-refractivity contribution in [3.8, 4) is 11.5 Å². The Bertz CT molecular complexity index is 385. The molecule has 0 aliphatic carbocycles. The fraction of sp³-hybridized carbons (Fsp3) is 0.400. The first kappa shape index (κ1) is 13.4. The molecule has 1 unspecified atom stereocenters. The molecule has 0 spiro atoms. The Morgan fingerprint density at radius 3 is 2.62 bits per heavy atom. The van der Waals surface area contributed by atoms with Crippen LogP contribution in [-0.2, 0) is 0 Å². The number of ether oxygens (including phenoxy) is 1. The van der Waals surface area contributed by atoms with E-state index in [4.69, 9.17) is 38.8 Å². The Morgan fingerprint density at radius 2 is 2.12 bits per heavy atom. The van der Waals surface area contributed by atoms with Gasteiger partial charge in [-0.25, -0.2) is 0 Å². The van der Waals surface area contributed by atoms with Crippen LogP contribution in [0.25, 0.3) is 0 Å². The molecule has 16 heavy (non-hydrogen) atoms. The third kappa shape index (κ3) is 2.52. The summed E-state index contributed by atoms with van der Waals surface area (Å²) in [6, 6.07) is 0.914. The normalized spacial score (nSPS) is 12.6. The minimum absolute atomic E-state index is 0.0605. The molecule has 1 atom stereocenters. The van der Waals surface area contributed by atoms with Crippen LogP contribution in [0, 0.1) is 0 Å². The van der Waals surface area contributed by atoms with Crippen LogP contribution in [0.1, 0.15) is 18.0 Å². The number of phenols is 1. The Labute approximate surface area is 104 Å². The van der Waals surface area contributed by atoms with Gasteiger partial charge in [-0.1, -0.05) is 23.2 Å². The van der Waals surface area contributed by atoms with Crippen LogP contribution in [0.4, 0.5) is 0 Å². The molecule has 0 fully saturated rings. The van der Waals surface area contributed by atoms with Gasteiger partial charge in [0.1, 0.15) is 0 Å². The van der Waals surface area contributed by atoms with E-state index in [-0.39, 0.29) is 23.1 Å². The number of aromatic hydroxyl groups is 1. The highest BCUT2D eigenvalue weighted by Gasteiger charge is 2.20. The molecule has 0 bridgehead atoms. The molecule has 1 aromatic rings. The summed E-state index contributed by atoms with van der Waals surface area (Å²) in [5.41, 5.74) is 6.20. The third-order valence-corrected chi connectivity index (χ3v) is 2.92. The summed E-state index contributed by atoms with van der Waals surface area (Å²) in [6.45, 7) is -0.0827. The zero-order valence-electron chi connectivity index (χ0n) is 8.70. The van der Waals surface area contributed by atoms with E-state index < -0.39 is 6.04 Å². The monoisotopic (exact) mass is 265 g/mol. The van der Waals surface area contributed by atoms with Crippen molar-refractivity contribution in [2.75, 3.05) is 13.7 Å². The Morgan fingerprint density at radius 1 is 1.50 bits per heavy atom. The maximum Gasteiger partial charge on any atom is 0.177 e. The number of aliphatic hydroxyl groups is 1. The van der Waals surface area contributed by atoms with E-state index in [1.807, 2.05) is 0 Å². The number of methoxy groups -OCH3 is 1. The lowest BCUT2D eigenvalue weighted by Crippen LogP contribution is -2.13. The third-order valence-electron chi connectivity index (χ3n) is 2.22. The molecule has 0 amide bonds. The van der Waals surface area contributed by atoms with E-state index in [1.165, 1.54) is 13.2 Å². The highest BCUT2D eigenvalue weighted by molar-refractivity contribution is 6.37. The molecule has 0 aliphatic rings. The van der Waals surface area contributed by atoms with Gasteiger partial charge in [-0.3, -0.25) is 0 Å². The van der Waals surface area contributed by atoms with Crippen molar-refractivity contribution in [3.63, 3.8) is 0 Å². The van der Waals surface area contributed by atoms with Gasteiger partial charge < -0.3 is 20.7 Å². The van der Waals surface area contributed by atoms with Crippen LogP contribution < -0.4 is 10.5 Å². The molecule has 4 N–H and O–H groups in total. The van der Waals surface area contributed by atoms with Crippen molar-refractivity contribution < 1.29 is 14.9 Å². The highest BCUT2D eigenvalue weighted by atomic mass is 35.5. The number of nitrogens with two attached hydrogens (primary N) is 1. The van der Waals surface area contributed by atoms with Gasteiger partial charge in [-0.15, -0.1) is 0 Å². The van der Waals surface area contributed by atoms with Gasteiger partial charge >= 0.3 is 0 Å². The summed E-state index contributed by atoms with van der Waals surface area (Å²) in [6.07, 6.45) is 0.311. The number of hydrogen-bond acceptors (Lipinski definition) is 4. The summed E-state index contributed by atoms with van der Waals surface area (Å²) >= 11 is 11.9. The molecule has 1 aromatic carbocycles. The van der Waals surface area contributed by atoms with Crippen LogP contribution in [0.2, 0.25) is 10.0 Å². The van der Waals surface area contributed by atoms with Gasteiger partial charge in [-0.05, 0) is 6.42 Å². The van der Waals surface area contributed by atoms with Crippen LogP contribution in [0.5, 0.6) is 11.5 Å². The van der Waals surface area contributed by atoms with Crippen LogP contribution in [0.3, 0.4) is 0 Å². The van der Waals surface area contributed by atoms with Gasteiger partial charge in [0.2, 0.25) is 0 Å². The zero-order chi connectivity index (χ0) is 12.3. The molecule has 4 nitrogen and oxygen atoms in total. The second-order valence-corrected chi connectivity index (χ2v) is 4.04. The second-order valence-electron chi connectivity index (χ2n) is 3.26. The second kappa shape index (κ2) is 5.59. The lowest BCUT2D eigenvalue weighted by atomic mass is 10.0. The maximum atomic E-state index is 9.69. The Balaban J connectivity index is 3.24. The minimum atomic E-state index is -0.526. The Hall–Kier alpha value is -0.680. The first-order valence-corrected chi connectivity index (χ1v) is 5.39. The predicted molar refractivity (Wildman–Crippen MR) is 63.3 cm³/mol. The van der Waals surface area contributed by atoms with Crippen LogP contribution in [0.15, 0.2) is 6.07 Å². The van der Waals surface area contributed by atoms with Gasteiger partial charge in [0, 0.05) is 24.3 Å². The highest BCUT2D eigenvalue weighted by Crippen LogP contribution is 2.43. The van der Waals surface area contributed by atoms with E-state index in [0.717, 1.165) is 0 Å². The summed E-state index contributed by atoms with van der Waals surface area (Å²) in [7, 11) is 1.40. The van der Waals surface area contributed by atoms with Crippen molar-refractivity contribution in [2.24, 2.45) is 5.73 Å². The molecule has 6 heteroatoms. The van der Waals surface area contributed by atoms with Crippen molar-refractivity contribution in [3.05, 3.63) is 21.7 Å². The van der Waals surface area contributed by atoms with E-state index >= 15 is 0 Å². The van der Waals surface area contributed by atoms with E-state index in [9.17, 15) is 5.11 Å². The SMILES string of the molecule is COc1cc(Cl)c(C(N)CCO)c(Cl)c1O. The predicted octanol–water partition coefficient (Wildman–Crippen LogP) is 2.09. The summed E-state index contributed by atoms with van der Waals surface area (Å²) in [5.74, 6) is -0.00750. The van der Waals surface area contributed by atoms with Gasteiger partial charge in [0.15, 0.2) is 11.5 Å². The summed E-state index contributed by atoms with van der Waals surface area (Å²) in [4.78, 5) is 0. The number of halogens is 2. The first-order valence-electron chi connectivity index (χ1n) is 4.64. The Kier molecular flexibility index (Phi) is 4.68. The number of hydrogen-bond donors (Lipinski definition) is 3. The number of phenolic OH excluding ortho intramolecular Hbond substituents is 1. The van der Waals surface area contributed by atoms with Crippen LogP contribution in [-0.4, -0.2) is 23.9 Å². The molecule has 0 radical (unpaired) electrons. The standard InChI is InChI=1S/C10H13Cl2NO3/c1-16-7-4-5(11)8(6(13)2-3-14)9(12)10(7)15/h4,6,14-15H,2-3,13H2,1H3. The largest absolute Gasteiger partial charge is 0.503 e. The minimum Gasteiger partial charge on any atom is -0.503 e. The molecule has 90 valence electrons. The van der Waals surface area contributed by atoms with E-state index in [0.29, 0.717) is 17.0 Å². The molecule has 1 rings (SSSR count). The van der Waals surface area contributed by atoms with Crippen molar-refractivity contribution >= 4 is 23.2 Å². The zero-order valence-corrected chi connectivity index (χ0v) is 10.2. The fourth-order valence-corrected chi connectivity index (χ4v) is 2.10. The van der Waals surface area contributed by atoms with Crippen molar-refractivity contribution in [1.29, 1.82) is 0 Å². The fourth-order valence-electron chi connectivity index (χ4n) is 1.38. The van der Waals surface area contributed by atoms with Gasteiger partial charge in [-0.2, -0.15) is 0 Å². The average molecular weight is 266 g/mol. The van der Waals surface area contributed by atoms with E-state index in [1.54, 1.807) is 0 Å². The first-order chi connectivity index (χ1) is 7.52. The van der Waals surface area contributed by atoms with Crippen molar-refractivity contribution in [1.82, 2.24) is 0 Å². The number of rotatable bonds is 4. The van der Waals surface area contributed by atoms with Gasteiger partial charge in [0.25, 0.3) is 0 Å². The maximum absolute atomic E-state index is 9.69. The smallest absolute Gasteiger partial charge is 0.177 e. The van der Waals surface area contributed by atoms with Crippen LogP contribution >= 0.6 is 23.2 Å². The molecular formula is C10H13Cl2NO3. The topological polar surface area (TPSA) is 75.7 Å². The van der Waals surface area contributed by atoms with E-state index in [2.05, 4.69) is 0 Å². The van der Waals surface area contributed by atoms with Gasteiger partial charge in [0.05, 0.1) is 17.2 Å². The molecular weight excluding hydrogens is 253 g/mol. The average Bonchev–Trinajstić information content (AvgIpc) is 2.24. The molecule has 0 heterocycles. The molecule has 0 aromatic heterocycles. The van der Waals surface area contributed by atoms with Crippen molar-refractivity contribution in [2.45, 2.75) is 12.5 Å². The number of aliphatic hydroxyl groups excluding tert-OH is 1. The summed E-state index contributed by atoms with van der Waals surface area (Å²) in [5, 5.41) is 18.8. The lowest BCUT2D eigenvalue weighted by Gasteiger charge is -2.16. The molecule has 0 saturated carbocycles. The quantitative estimate of drug-likeness (QED) is 0.780. The molecule has 0 aliphatic heterocycles. The molecule has 0 saturated heterocycles. The number of benzene rings is 1.